The molecule has 1 unspecified atom stereocenters. The van der Waals surface area contributed by atoms with Crippen LogP contribution >= 0.6 is 0 Å². The van der Waals surface area contributed by atoms with Crippen molar-refractivity contribution in [2.45, 2.75) is 18.9 Å². The molecule has 1 aliphatic rings. The summed E-state index contributed by atoms with van der Waals surface area (Å²) in [5.74, 6) is 0.456. The Morgan fingerprint density at radius 3 is 3.04 bits per heavy atom. The maximum absolute atomic E-state index is 13.8. The third kappa shape index (κ3) is 2.63. The van der Waals surface area contributed by atoms with Crippen molar-refractivity contribution in [2.75, 3.05) is 18.6 Å². The monoisotopic (exact) mass is 355 g/mol. The minimum atomic E-state index is -0.545. The average molecular weight is 355 g/mol. The molecule has 1 aromatic carbocycles. The van der Waals surface area contributed by atoms with Crippen LogP contribution in [0.15, 0.2) is 30.5 Å². The molecule has 26 heavy (non-hydrogen) atoms. The van der Waals surface area contributed by atoms with E-state index in [-0.39, 0.29) is 11.9 Å². The molecule has 0 bridgehead atoms. The first kappa shape index (κ1) is 16.3. The SMILES string of the molecule is COc1ccc(F)cc1C1CCCN1c1n[nH]c2ncc(C(N)=O)cc12. The van der Waals surface area contributed by atoms with Gasteiger partial charge in [-0.05, 0) is 37.1 Å². The second-order valence-electron chi connectivity index (χ2n) is 6.27. The summed E-state index contributed by atoms with van der Waals surface area (Å²) >= 11 is 0. The zero-order valence-corrected chi connectivity index (χ0v) is 14.2. The van der Waals surface area contributed by atoms with Gasteiger partial charge in [-0.3, -0.25) is 9.89 Å². The summed E-state index contributed by atoms with van der Waals surface area (Å²) in [4.78, 5) is 17.8. The molecule has 1 amide bonds. The van der Waals surface area contributed by atoms with Crippen LogP contribution in [0.3, 0.4) is 0 Å². The number of carbonyl (C=O) groups is 1. The first-order valence-electron chi connectivity index (χ1n) is 8.32. The van der Waals surface area contributed by atoms with Crippen molar-refractivity contribution in [1.29, 1.82) is 0 Å². The van der Waals surface area contributed by atoms with Crippen molar-refractivity contribution in [1.82, 2.24) is 15.2 Å². The number of rotatable bonds is 4. The van der Waals surface area contributed by atoms with Crippen LogP contribution in [0.1, 0.15) is 34.8 Å². The van der Waals surface area contributed by atoms with Crippen molar-refractivity contribution in [2.24, 2.45) is 5.73 Å². The zero-order chi connectivity index (χ0) is 18.3. The first-order valence-corrected chi connectivity index (χ1v) is 8.32. The van der Waals surface area contributed by atoms with Crippen molar-refractivity contribution >= 4 is 22.8 Å². The molecular formula is C18H18FN5O2. The van der Waals surface area contributed by atoms with Crippen LogP contribution in [0.5, 0.6) is 5.75 Å². The third-order valence-electron chi connectivity index (χ3n) is 4.76. The molecule has 1 aliphatic heterocycles. The standard InChI is InChI=1S/C18H18FN5O2/c1-26-15-5-4-11(19)8-12(15)14-3-2-6-24(14)18-13-7-10(16(20)25)9-21-17(13)22-23-18/h4-5,7-9,14H,2-3,6H2,1H3,(H2,20,25)(H,21,22,23). The number of benzene rings is 1. The Kier molecular flexibility index (Phi) is 3.95. The molecule has 3 aromatic rings. The van der Waals surface area contributed by atoms with Crippen LogP contribution in [0.25, 0.3) is 11.0 Å². The summed E-state index contributed by atoms with van der Waals surface area (Å²) in [6.07, 6.45) is 3.20. The number of aromatic nitrogens is 3. The molecule has 7 nitrogen and oxygen atoms in total. The van der Waals surface area contributed by atoms with E-state index in [0.717, 1.165) is 24.9 Å². The van der Waals surface area contributed by atoms with Crippen molar-refractivity contribution in [3.63, 3.8) is 0 Å². The second kappa shape index (κ2) is 6.29. The molecule has 2 aromatic heterocycles. The van der Waals surface area contributed by atoms with Gasteiger partial charge in [0.1, 0.15) is 11.6 Å². The molecule has 0 radical (unpaired) electrons. The smallest absolute Gasteiger partial charge is 0.250 e. The lowest BCUT2D eigenvalue weighted by molar-refractivity contribution is 0.1000. The van der Waals surface area contributed by atoms with Crippen molar-refractivity contribution in [3.8, 4) is 5.75 Å². The number of hydrogen-bond acceptors (Lipinski definition) is 5. The molecular weight excluding hydrogens is 337 g/mol. The van der Waals surface area contributed by atoms with E-state index in [1.807, 2.05) is 0 Å². The number of carbonyl (C=O) groups excluding carboxylic acids is 1. The van der Waals surface area contributed by atoms with E-state index in [1.165, 1.54) is 18.3 Å². The van der Waals surface area contributed by atoms with Gasteiger partial charge >= 0.3 is 0 Å². The third-order valence-corrected chi connectivity index (χ3v) is 4.76. The first-order chi connectivity index (χ1) is 12.6. The van der Waals surface area contributed by atoms with E-state index in [1.54, 1.807) is 19.2 Å². The van der Waals surface area contributed by atoms with E-state index < -0.39 is 5.91 Å². The molecule has 0 saturated carbocycles. The van der Waals surface area contributed by atoms with E-state index >= 15 is 0 Å². The van der Waals surface area contributed by atoms with Gasteiger partial charge in [0.25, 0.3) is 0 Å². The number of amides is 1. The summed E-state index contributed by atoms with van der Waals surface area (Å²) in [5, 5.41) is 7.98. The molecule has 1 atom stereocenters. The molecule has 1 saturated heterocycles. The number of ether oxygens (including phenoxy) is 1. The summed E-state index contributed by atoms with van der Waals surface area (Å²) in [7, 11) is 1.57. The number of fused-ring (bicyclic) bond motifs is 1. The van der Waals surface area contributed by atoms with Gasteiger partial charge in [-0.25, -0.2) is 9.37 Å². The minimum absolute atomic E-state index is 0.0793. The van der Waals surface area contributed by atoms with Gasteiger partial charge in [0.15, 0.2) is 11.5 Å². The minimum Gasteiger partial charge on any atom is -0.496 e. The zero-order valence-electron chi connectivity index (χ0n) is 14.2. The van der Waals surface area contributed by atoms with Crippen LogP contribution in [-0.4, -0.2) is 34.7 Å². The quantitative estimate of drug-likeness (QED) is 0.750. The Bertz CT molecular complexity index is 987. The lowest BCUT2D eigenvalue weighted by Crippen LogP contribution is -2.23. The van der Waals surface area contributed by atoms with Gasteiger partial charge in [0, 0.05) is 18.3 Å². The summed E-state index contributed by atoms with van der Waals surface area (Å²) in [6.45, 7) is 0.755. The number of anilines is 1. The van der Waals surface area contributed by atoms with E-state index in [4.69, 9.17) is 10.5 Å². The fourth-order valence-electron chi connectivity index (χ4n) is 3.55. The Morgan fingerprint density at radius 2 is 2.27 bits per heavy atom. The molecule has 4 rings (SSSR count). The highest BCUT2D eigenvalue weighted by Crippen LogP contribution is 2.41. The number of primary amides is 1. The van der Waals surface area contributed by atoms with Gasteiger partial charge in [0.2, 0.25) is 5.91 Å². The van der Waals surface area contributed by atoms with Gasteiger partial charge in [0.05, 0.1) is 24.1 Å². The van der Waals surface area contributed by atoms with E-state index in [0.29, 0.717) is 28.2 Å². The fraction of sp³-hybridized carbons (Fsp3) is 0.278. The van der Waals surface area contributed by atoms with Gasteiger partial charge in [-0.1, -0.05) is 0 Å². The van der Waals surface area contributed by atoms with Crippen LogP contribution < -0.4 is 15.4 Å². The summed E-state index contributed by atoms with van der Waals surface area (Å²) in [5.41, 5.74) is 7.04. The Labute approximate surface area is 149 Å². The highest BCUT2D eigenvalue weighted by atomic mass is 19.1. The lowest BCUT2D eigenvalue weighted by Gasteiger charge is -2.26. The van der Waals surface area contributed by atoms with Gasteiger partial charge in [-0.2, -0.15) is 5.10 Å². The maximum atomic E-state index is 13.8. The fourth-order valence-corrected chi connectivity index (χ4v) is 3.55. The molecule has 0 spiro atoms. The van der Waals surface area contributed by atoms with E-state index in [2.05, 4.69) is 20.1 Å². The van der Waals surface area contributed by atoms with Crippen molar-refractivity contribution in [3.05, 3.63) is 47.4 Å². The Morgan fingerprint density at radius 1 is 1.42 bits per heavy atom. The molecule has 1 fully saturated rings. The molecule has 3 heterocycles. The lowest BCUT2D eigenvalue weighted by atomic mass is 10.0. The summed E-state index contributed by atoms with van der Waals surface area (Å²) < 4.78 is 19.3. The molecule has 134 valence electrons. The molecule has 0 aliphatic carbocycles. The number of hydrogen-bond donors (Lipinski definition) is 2. The molecule has 8 heteroatoms. The predicted octanol–water partition coefficient (Wildman–Crippen LogP) is 2.55. The van der Waals surface area contributed by atoms with Crippen LogP contribution in [0.4, 0.5) is 10.2 Å². The van der Waals surface area contributed by atoms with E-state index in [9.17, 15) is 9.18 Å². The normalized spacial score (nSPS) is 17.0. The number of pyridine rings is 1. The number of nitrogens with one attached hydrogen (secondary N) is 1. The highest BCUT2D eigenvalue weighted by molar-refractivity contribution is 5.98. The number of H-pyrrole nitrogens is 1. The number of nitrogens with zero attached hydrogens (tertiary/aromatic N) is 3. The number of halogens is 1. The largest absolute Gasteiger partial charge is 0.496 e. The highest BCUT2D eigenvalue weighted by Gasteiger charge is 2.31. The topological polar surface area (TPSA) is 97.1 Å². The van der Waals surface area contributed by atoms with Gasteiger partial charge < -0.3 is 15.4 Å². The van der Waals surface area contributed by atoms with Crippen LogP contribution in [-0.2, 0) is 0 Å². The Hall–Kier alpha value is -3.16. The van der Waals surface area contributed by atoms with Crippen LogP contribution in [0.2, 0.25) is 0 Å². The van der Waals surface area contributed by atoms with Crippen molar-refractivity contribution < 1.29 is 13.9 Å². The summed E-state index contributed by atoms with van der Waals surface area (Å²) in [6, 6.07) is 6.13. The predicted molar refractivity (Wildman–Crippen MR) is 94.7 cm³/mol. The second-order valence-corrected chi connectivity index (χ2v) is 6.27. The van der Waals surface area contributed by atoms with Gasteiger partial charge in [-0.15, -0.1) is 0 Å². The Balaban J connectivity index is 1.80. The average Bonchev–Trinajstić information content (AvgIpc) is 3.27. The number of aromatic amines is 1. The maximum Gasteiger partial charge on any atom is 0.250 e. The number of nitrogens with two attached hydrogens (primary N) is 1. The number of methoxy groups -OCH3 is 1. The molecule has 3 N–H and O–H groups in total. The van der Waals surface area contributed by atoms with Crippen LogP contribution in [0, 0.1) is 5.82 Å².